The van der Waals surface area contributed by atoms with Gasteiger partial charge in [-0.1, -0.05) is 0 Å². The zero-order valence-corrected chi connectivity index (χ0v) is 14.1. The number of hydrogen-bond donors (Lipinski definition) is 3. The number of fused-ring (bicyclic) bond motifs is 1. The van der Waals surface area contributed by atoms with Crippen LogP contribution in [-0.4, -0.2) is 72.3 Å². The van der Waals surface area contributed by atoms with E-state index in [1.807, 2.05) is 0 Å². The predicted octanol–water partition coefficient (Wildman–Crippen LogP) is -0.182. The third-order valence-corrected chi connectivity index (χ3v) is 5.18. The predicted molar refractivity (Wildman–Crippen MR) is 89.0 cm³/mol. The summed E-state index contributed by atoms with van der Waals surface area (Å²) < 4.78 is 7.28. The Bertz CT molecular complexity index is 758. The van der Waals surface area contributed by atoms with Crippen LogP contribution in [0.15, 0.2) is 12.7 Å². The number of anilines is 1. The van der Waals surface area contributed by atoms with Gasteiger partial charge in [0.15, 0.2) is 23.2 Å². The maximum Gasteiger partial charge on any atom is 0.168 e. The summed E-state index contributed by atoms with van der Waals surface area (Å²) in [5.74, 6) is 0.778. The second-order valence-electron chi connectivity index (χ2n) is 6.95. The SMILES string of the molecule is C[C@@]1(O)C(O)C(CO)OC1n1cnc2c(N3CCCCC3)ncnc21. The molecule has 0 bridgehead atoms. The van der Waals surface area contributed by atoms with E-state index in [4.69, 9.17) is 4.74 Å². The molecule has 2 aliphatic heterocycles. The Balaban J connectivity index is 1.74. The quantitative estimate of drug-likeness (QED) is 0.699. The van der Waals surface area contributed by atoms with Gasteiger partial charge in [0.25, 0.3) is 0 Å². The van der Waals surface area contributed by atoms with E-state index in [-0.39, 0.29) is 6.61 Å². The Morgan fingerprint density at radius 2 is 2.00 bits per heavy atom. The van der Waals surface area contributed by atoms with Gasteiger partial charge < -0.3 is 25.0 Å². The highest BCUT2D eigenvalue weighted by molar-refractivity contribution is 5.83. The maximum atomic E-state index is 10.7. The van der Waals surface area contributed by atoms with Gasteiger partial charge in [0.05, 0.1) is 12.9 Å². The van der Waals surface area contributed by atoms with Crippen molar-refractivity contribution in [1.82, 2.24) is 19.5 Å². The average Bonchev–Trinajstić information content (AvgIpc) is 3.15. The van der Waals surface area contributed by atoms with Crippen molar-refractivity contribution in [3.63, 3.8) is 0 Å². The molecule has 9 heteroatoms. The van der Waals surface area contributed by atoms with E-state index in [0.29, 0.717) is 11.2 Å². The van der Waals surface area contributed by atoms with Gasteiger partial charge in [-0.25, -0.2) is 15.0 Å². The van der Waals surface area contributed by atoms with Crippen LogP contribution in [-0.2, 0) is 4.74 Å². The van der Waals surface area contributed by atoms with Gasteiger partial charge in [0, 0.05) is 13.1 Å². The Morgan fingerprint density at radius 1 is 1.24 bits per heavy atom. The molecule has 0 spiro atoms. The molecule has 0 aliphatic carbocycles. The summed E-state index contributed by atoms with van der Waals surface area (Å²) in [6, 6.07) is 0. The van der Waals surface area contributed by atoms with Gasteiger partial charge in [0.2, 0.25) is 0 Å². The molecular weight excluding hydrogens is 326 g/mol. The van der Waals surface area contributed by atoms with Gasteiger partial charge in [-0.3, -0.25) is 4.57 Å². The smallest absolute Gasteiger partial charge is 0.168 e. The normalized spacial score (nSPS) is 33.3. The lowest BCUT2D eigenvalue weighted by Crippen LogP contribution is -2.44. The van der Waals surface area contributed by atoms with Crippen molar-refractivity contribution in [2.75, 3.05) is 24.6 Å². The second-order valence-corrected chi connectivity index (χ2v) is 6.95. The first kappa shape index (κ1) is 16.6. The molecule has 2 aromatic rings. The largest absolute Gasteiger partial charge is 0.394 e. The summed E-state index contributed by atoms with van der Waals surface area (Å²) in [5.41, 5.74) is -0.394. The Kier molecular flexibility index (Phi) is 4.11. The number of aliphatic hydroxyl groups excluding tert-OH is 2. The fourth-order valence-corrected chi connectivity index (χ4v) is 3.74. The average molecular weight is 349 g/mol. The first-order valence-electron chi connectivity index (χ1n) is 8.63. The monoisotopic (exact) mass is 349 g/mol. The summed E-state index contributed by atoms with van der Waals surface area (Å²) in [5, 5.41) is 30.3. The van der Waals surface area contributed by atoms with Crippen LogP contribution in [0.3, 0.4) is 0 Å². The molecule has 0 aromatic carbocycles. The third-order valence-electron chi connectivity index (χ3n) is 5.18. The van der Waals surface area contributed by atoms with Gasteiger partial charge in [-0.15, -0.1) is 0 Å². The van der Waals surface area contributed by atoms with Gasteiger partial charge in [-0.2, -0.15) is 0 Å². The number of piperidine rings is 1. The highest BCUT2D eigenvalue weighted by Crippen LogP contribution is 2.39. The maximum absolute atomic E-state index is 10.7. The van der Waals surface area contributed by atoms with Crippen LogP contribution in [0.1, 0.15) is 32.4 Å². The van der Waals surface area contributed by atoms with E-state index in [9.17, 15) is 15.3 Å². The molecule has 9 nitrogen and oxygen atoms in total. The van der Waals surface area contributed by atoms with Crippen LogP contribution in [0.5, 0.6) is 0 Å². The van der Waals surface area contributed by atoms with Crippen molar-refractivity contribution in [2.24, 2.45) is 0 Å². The number of nitrogens with zero attached hydrogens (tertiary/aromatic N) is 5. The van der Waals surface area contributed by atoms with E-state index in [0.717, 1.165) is 31.7 Å². The fourth-order valence-electron chi connectivity index (χ4n) is 3.74. The number of imidazole rings is 1. The van der Waals surface area contributed by atoms with Gasteiger partial charge in [-0.05, 0) is 26.2 Å². The first-order chi connectivity index (χ1) is 12.0. The van der Waals surface area contributed by atoms with E-state index in [2.05, 4.69) is 19.9 Å². The number of ether oxygens (including phenoxy) is 1. The third kappa shape index (κ3) is 2.58. The van der Waals surface area contributed by atoms with E-state index >= 15 is 0 Å². The summed E-state index contributed by atoms with van der Waals surface area (Å²) in [7, 11) is 0. The first-order valence-corrected chi connectivity index (χ1v) is 8.63. The van der Waals surface area contributed by atoms with Crippen molar-refractivity contribution in [1.29, 1.82) is 0 Å². The molecular formula is C16H23N5O4. The number of hydrogen-bond acceptors (Lipinski definition) is 8. The second kappa shape index (κ2) is 6.17. The molecule has 0 amide bonds. The topological polar surface area (TPSA) is 117 Å². The molecule has 2 fully saturated rings. The lowest BCUT2D eigenvalue weighted by molar-refractivity contribution is -0.0950. The molecule has 4 atom stereocenters. The Labute approximate surface area is 144 Å². The fraction of sp³-hybridized carbons (Fsp3) is 0.688. The Morgan fingerprint density at radius 3 is 2.68 bits per heavy atom. The van der Waals surface area contributed by atoms with Crippen LogP contribution in [0.4, 0.5) is 5.82 Å². The van der Waals surface area contributed by atoms with Crippen molar-refractivity contribution in [2.45, 2.75) is 50.2 Å². The number of rotatable bonds is 3. The van der Waals surface area contributed by atoms with Crippen molar-refractivity contribution in [3.05, 3.63) is 12.7 Å². The van der Waals surface area contributed by atoms with Crippen molar-refractivity contribution in [3.8, 4) is 0 Å². The van der Waals surface area contributed by atoms with Crippen LogP contribution in [0, 0.1) is 0 Å². The van der Waals surface area contributed by atoms with Gasteiger partial charge in [0.1, 0.15) is 24.1 Å². The summed E-state index contributed by atoms with van der Waals surface area (Å²) >= 11 is 0. The molecule has 3 unspecified atom stereocenters. The minimum Gasteiger partial charge on any atom is -0.394 e. The highest BCUT2D eigenvalue weighted by atomic mass is 16.6. The highest BCUT2D eigenvalue weighted by Gasteiger charge is 2.53. The van der Waals surface area contributed by atoms with Gasteiger partial charge >= 0.3 is 0 Å². The zero-order chi connectivity index (χ0) is 17.6. The molecule has 4 rings (SSSR count). The minimum atomic E-state index is -1.57. The zero-order valence-electron chi connectivity index (χ0n) is 14.1. The number of aromatic nitrogens is 4. The standard InChI is InChI=1S/C16H23N5O4/c1-16(24)12(23)10(7-22)25-15(16)21-9-19-11-13(17-8-18-14(11)21)20-5-3-2-4-6-20/h8-10,12,15,22-24H,2-7H2,1H3/t10?,12?,15?,16-/m1/s1. The number of aliphatic hydroxyl groups is 3. The van der Waals surface area contributed by atoms with E-state index in [1.165, 1.54) is 19.7 Å². The van der Waals surface area contributed by atoms with Crippen LogP contribution >= 0.6 is 0 Å². The van der Waals surface area contributed by atoms with E-state index < -0.39 is 24.0 Å². The lowest BCUT2D eigenvalue weighted by Gasteiger charge is -2.28. The van der Waals surface area contributed by atoms with Crippen LogP contribution < -0.4 is 4.90 Å². The Hall–Kier alpha value is -1.81. The summed E-state index contributed by atoms with van der Waals surface area (Å²) in [4.78, 5) is 15.3. The van der Waals surface area contributed by atoms with E-state index in [1.54, 1.807) is 10.9 Å². The van der Waals surface area contributed by atoms with Crippen molar-refractivity contribution >= 4 is 17.0 Å². The lowest BCUT2D eigenvalue weighted by atomic mass is 9.96. The molecule has 2 aliphatic rings. The van der Waals surface area contributed by atoms with Crippen molar-refractivity contribution < 1.29 is 20.1 Å². The molecule has 3 N–H and O–H groups in total. The van der Waals surface area contributed by atoms with Crippen LogP contribution in [0.2, 0.25) is 0 Å². The molecule has 2 saturated heterocycles. The minimum absolute atomic E-state index is 0.380. The molecule has 136 valence electrons. The summed E-state index contributed by atoms with van der Waals surface area (Å²) in [6.45, 7) is 2.97. The molecule has 4 heterocycles. The van der Waals surface area contributed by atoms with Crippen LogP contribution in [0.25, 0.3) is 11.2 Å². The molecule has 0 radical (unpaired) electrons. The molecule has 0 saturated carbocycles. The molecule has 2 aromatic heterocycles. The molecule has 25 heavy (non-hydrogen) atoms. The summed E-state index contributed by atoms with van der Waals surface area (Å²) in [6.07, 6.45) is 3.52.